The molecule has 0 spiro atoms. The highest BCUT2D eigenvalue weighted by Crippen LogP contribution is 2.32. The van der Waals surface area contributed by atoms with Gasteiger partial charge in [0.25, 0.3) is 0 Å². The lowest BCUT2D eigenvalue weighted by Gasteiger charge is -2.34. The molecular formula is C16H33N3O2S2. The molecule has 4 aliphatic heterocycles. The van der Waals surface area contributed by atoms with E-state index in [1.54, 1.807) is 0 Å². The molecule has 0 amide bonds. The summed E-state index contributed by atoms with van der Waals surface area (Å²) in [7, 11) is 0. The molecule has 23 heavy (non-hydrogen) atoms. The molecule has 2 atom stereocenters. The van der Waals surface area contributed by atoms with Crippen LogP contribution in [0.5, 0.6) is 0 Å². The summed E-state index contributed by atoms with van der Waals surface area (Å²) >= 11 is 3.80. The second kappa shape index (κ2) is 13.8. The van der Waals surface area contributed by atoms with Crippen LogP contribution in [-0.2, 0) is 9.47 Å². The second-order valence-corrected chi connectivity index (χ2v) is 8.45. The van der Waals surface area contributed by atoms with Crippen molar-refractivity contribution >= 4 is 23.5 Å². The van der Waals surface area contributed by atoms with E-state index < -0.39 is 0 Å². The summed E-state index contributed by atoms with van der Waals surface area (Å²) in [6, 6.07) is 0. The summed E-state index contributed by atoms with van der Waals surface area (Å²) in [5.41, 5.74) is 0.329. The summed E-state index contributed by atoms with van der Waals surface area (Å²) in [6.07, 6.45) is 6.01. The van der Waals surface area contributed by atoms with Crippen LogP contribution < -0.4 is 16.0 Å². The minimum atomic E-state index is 0.329. The Morgan fingerprint density at radius 2 is 1.30 bits per heavy atom. The maximum Gasteiger partial charge on any atom is 0.131 e. The van der Waals surface area contributed by atoms with Gasteiger partial charge < -0.3 is 25.4 Å². The van der Waals surface area contributed by atoms with Gasteiger partial charge in [-0.3, -0.25) is 0 Å². The van der Waals surface area contributed by atoms with Gasteiger partial charge in [0.1, 0.15) is 11.5 Å². The van der Waals surface area contributed by atoms with Crippen LogP contribution in [0, 0.1) is 0 Å². The fraction of sp³-hybridized carbons (Fsp3) is 1.00. The molecule has 0 aromatic heterocycles. The molecule has 4 aliphatic rings. The Labute approximate surface area is 149 Å². The average molecular weight is 364 g/mol. The predicted molar refractivity (Wildman–Crippen MR) is 101 cm³/mol. The summed E-state index contributed by atoms with van der Waals surface area (Å²) in [4.78, 5) is 0. The Hall–Kier alpha value is 0.500. The van der Waals surface area contributed by atoms with Crippen LogP contribution >= 0.6 is 23.5 Å². The van der Waals surface area contributed by atoms with E-state index in [2.05, 4.69) is 16.0 Å². The first kappa shape index (κ1) is 19.8. The van der Waals surface area contributed by atoms with E-state index in [-0.39, 0.29) is 0 Å². The van der Waals surface area contributed by atoms with Crippen molar-refractivity contribution in [1.29, 1.82) is 0 Å². The molecule has 4 rings (SSSR count). The molecule has 0 radical (unpaired) electrons. The minimum absolute atomic E-state index is 0.329. The zero-order valence-corrected chi connectivity index (χ0v) is 15.8. The molecule has 0 saturated carbocycles. The van der Waals surface area contributed by atoms with Crippen molar-refractivity contribution in [3.8, 4) is 0 Å². The van der Waals surface area contributed by atoms with Crippen molar-refractivity contribution in [3.05, 3.63) is 0 Å². The predicted octanol–water partition coefficient (Wildman–Crippen LogP) is 1.49. The van der Waals surface area contributed by atoms with Crippen molar-refractivity contribution in [1.82, 2.24) is 16.0 Å². The average Bonchev–Trinajstić information content (AvgIpc) is 2.97. The Morgan fingerprint density at radius 1 is 0.696 bits per heavy atom. The molecule has 7 heteroatoms. The van der Waals surface area contributed by atoms with Crippen molar-refractivity contribution in [2.24, 2.45) is 0 Å². The van der Waals surface area contributed by atoms with Crippen LogP contribution in [0.3, 0.4) is 0 Å². The Bertz CT molecular complexity index is 227. The number of hydrogen-bond donors (Lipinski definition) is 3. The Kier molecular flexibility index (Phi) is 11.9. The SMILES string of the molecule is C1CCCNCC1.C1CNCCN1.C1COC2SCSCC2O1. The maximum absolute atomic E-state index is 5.52. The lowest BCUT2D eigenvalue weighted by atomic mass is 10.2. The van der Waals surface area contributed by atoms with Gasteiger partial charge in [-0.25, -0.2) is 0 Å². The van der Waals surface area contributed by atoms with E-state index in [9.17, 15) is 0 Å². The highest BCUT2D eigenvalue weighted by Gasteiger charge is 2.30. The van der Waals surface area contributed by atoms with E-state index in [0.717, 1.165) is 50.2 Å². The number of ether oxygens (including phenoxy) is 2. The molecule has 136 valence electrons. The fourth-order valence-corrected chi connectivity index (χ4v) is 5.21. The fourth-order valence-electron chi connectivity index (χ4n) is 2.69. The quantitative estimate of drug-likeness (QED) is 0.603. The minimum Gasteiger partial charge on any atom is -0.371 e. The highest BCUT2D eigenvalue weighted by atomic mass is 32.2. The van der Waals surface area contributed by atoms with Gasteiger partial charge in [0.05, 0.1) is 13.2 Å². The zero-order valence-electron chi connectivity index (χ0n) is 14.2. The third kappa shape index (κ3) is 9.53. The van der Waals surface area contributed by atoms with Crippen LogP contribution in [0.1, 0.15) is 25.7 Å². The first-order valence-corrected chi connectivity index (χ1v) is 11.2. The van der Waals surface area contributed by atoms with Gasteiger partial charge in [0.15, 0.2) is 0 Å². The van der Waals surface area contributed by atoms with Crippen LogP contribution in [-0.4, -0.2) is 74.9 Å². The van der Waals surface area contributed by atoms with E-state index in [0.29, 0.717) is 11.5 Å². The third-order valence-electron chi connectivity index (χ3n) is 4.01. The van der Waals surface area contributed by atoms with Crippen molar-refractivity contribution in [3.63, 3.8) is 0 Å². The topological polar surface area (TPSA) is 54.5 Å². The molecule has 0 bridgehead atoms. The number of rotatable bonds is 0. The molecule has 4 heterocycles. The summed E-state index contributed by atoms with van der Waals surface area (Å²) < 4.78 is 11.0. The first-order valence-electron chi connectivity index (χ1n) is 9.01. The molecule has 4 fully saturated rings. The molecule has 4 saturated heterocycles. The van der Waals surface area contributed by atoms with Crippen LogP contribution in [0.2, 0.25) is 0 Å². The van der Waals surface area contributed by atoms with Gasteiger partial charge in [-0.2, -0.15) is 0 Å². The maximum atomic E-state index is 5.52. The monoisotopic (exact) mass is 363 g/mol. The number of hydrogen-bond acceptors (Lipinski definition) is 7. The highest BCUT2D eigenvalue weighted by molar-refractivity contribution is 8.16. The summed E-state index contributed by atoms with van der Waals surface area (Å²) in [5, 5.41) is 10.9. The smallest absolute Gasteiger partial charge is 0.131 e. The largest absolute Gasteiger partial charge is 0.371 e. The number of thioether (sulfide) groups is 2. The van der Waals surface area contributed by atoms with Gasteiger partial charge in [-0.1, -0.05) is 12.8 Å². The first-order chi connectivity index (χ1) is 11.5. The van der Waals surface area contributed by atoms with Crippen LogP contribution in [0.25, 0.3) is 0 Å². The summed E-state index contributed by atoms with van der Waals surface area (Å²) in [5.74, 6) is 1.11. The summed E-state index contributed by atoms with van der Waals surface area (Å²) in [6.45, 7) is 8.61. The van der Waals surface area contributed by atoms with Crippen LogP contribution in [0.4, 0.5) is 0 Å². The van der Waals surface area contributed by atoms with E-state index in [1.165, 1.54) is 38.8 Å². The molecule has 0 aromatic carbocycles. The van der Waals surface area contributed by atoms with Crippen LogP contribution in [0.15, 0.2) is 0 Å². The molecule has 5 nitrogen and oxygen atoms in total. The Morgan fingerprint density at radius 3 is 1.91 bits per heavy atom. The molecule has 2 unspecified atom stereocenters. The second-order valence-electron chi connectivity index (χ2n) is 5.97. The number of fused-ring (bicyclic) bond motifs is 1. The number of nitrogens with one attached hydrogen (secondary N) is 3. The van der Waals surface area contributed by atoms with Crippen molar-refractivity contribution < 1.29 is 9.47 Å². The third-order valence-corrected chi connectivity index (χ3v) is 6.56. The van der Waals surface area contributed by atoms with Gasteiger partial charge in [0.2, 0.25) is 0 Å². The van der Waals surface area contributed by atoms with E-state index in [4.69, 9.17) is 9.47 Å². The van der Waals surface area contributed by atoms with Gasteiger partial charge in [0, 0.05) is 37.0 Å². The van der Waals surface area contributed by atoms with Gasteiger partial charge in [-0.15, -0.1) is 23.5 Å². The van der Waals surface area contributed by atoms with Gasteiger partial charge in [-0.05, 0) is 25.9 Å². The van der Waals surface area contributed by atoms with E-state index in [1.807, 2.05) is 23.5 Å². The molecular weight excluding hydrogens is 330 g/mol. The number of piperazine rings is 1. The molecule has 3 N–H and O–H groups in total. The zero-order chi connectivity index (χ0) is 16.0. The molecule has 0 aliphatic carbocycles. The van der Waals surface area contributed by atoms with Crippen molar-refractivity contribution in [2.75, 3.05) is 63.3 Å². The lowest BCUT2D eigenvalue weighted by Crippen LogP contribution is -2.40. The molecule has 0 aromatic rings. The van der Waals surface area contributed by atoms with Gasteiger partial charge >= 0.3 is 0 Å². The normalized spacial score (nSPS) is 31.3. The Balaban J connectivity index is 0.000000131. The van der Waals surface area contributed by atoms with Crippen molar-refractivity contribution in [2.45, 2.75) is 37.2 Å². The lowest BCUT2D eigenvalue weighted by molar-refractivity contribution is -0.0941. The van der Waals surface area contributed by atoms with E-state index >= 15 is 0 Å². The standard InChI is InChI=1S/C6H13N.C6H10O2S2.C4H10N2/c1-2-4-6-7-5-3-1;1-2-8-6-5(7-1)3-9-4-10-6;1-2-6-4-3-5-1/h7H,1-6H2;5-6H,1-4H2;5-6H,1-4H2.